The van der Waals surface area contributed by atoms with Crippen molar-refractivity contribution in [2.24, 2.45) is 5.92 Å². The van der Waals surface area contributed by atoms with Crippen molar-refractivity contribution in [1.29, 1.82) is 0 Å². The highest BCUT2D eigenvalue weighted by Gasteiger charge is 2.26. The van der Waals surface area contributed by atoms with E-state index >= 15 is 0 Å². The summed E-state index contributed by atoms with van der Waals surface area (Å²) in [5.41, 5.74) is 0.294. The number of carbonyl (C=O) groups is 1. The summed E-state index contributed by atoms with van der Waals surface area (Å²) in [4.78, 5) is 17.6. The molecule has 2 rings (SSSR count). The maximum absolute atomic E-state index is 11.2. The van der Waals surface area contributed by atoms with Crippen molar-refractivity contribution in [1.82, 2.24) is 4.98 Å². The van der Waals surface area contributed by atoms with Gasteiger partial charge >= 0.3 is 5.97 Å². The van der Waals surface area contributed by atoms with Gasteiger partial charge in [-0.25, -0.2) is 9.78 Å². The normalized spacial score (nSPS) is 23.1. The van der Waals surface area contributed by atoms with Gasteiger partial charge in [0, 0.05) is 19.3 Å². The van der Waals surface area contributed by atoms with Crippen LogP contribution in [0.2, 0.25) is 0 Å². The van der Waals surface area contributed by atoms with Gasteiger partial charge in [-0.1, -0.05) is 13.3 Å². The molecule has 1 fully saturated rings. The van der Waals surface area contributed by atoms with Crippen LogP contribution in [-0.2, 0) is 0 Å². The highest BCUT2D eigenvalue weighted by molar-refractivity contribution is 5.93. The zero-order valence-electron chi connectivity index (χ0n) is 11.7. The molecular formula is C15H22N2O2. The Balaban J connectivity index is 2.12. The smallest absolute Gasteiger partial charge is 0.339 e. The van der Waals surface area contributed by atoms with Crippen LogP contribution in [0.15, 0.2) is 18.3 Å². The lowest BCUT2D eigenvalue weighted by molar-refractivity contribution is 0.0697. The van der Waals surface area contributed by atoms with Gasteiger partial charge in [-0.05, 0) is 43.7 Å². The van der Waals surface area contributed by atoms with E-state index in [1.54, 1.807) is 18.3 Å². The van der Waals surface area contributed by atoms with Crippen LogP contribution in [-0.4, -0.2) is 29.1 Å². The van der Waals surface area contributed by atoms with E-state index in [1.807, 2.05) is 7.05 Å². The standard InChI is InChI=1S/C15H22N2O2/c1-3-11-6-8-12(9-7-11)17(2)14-13(15(18)19)5-4-10-16-14/h4-5,10-12H,3,6-9H2,1-2H3,(H,18,19). The second kappa shape index (κ2) is 6.04. The molecule has 0 spiro atoms. The number of hydrogen-bond acceptors (Lipinski definition) is 3. The molecule has 0 amide bonds. The van der Waals surface area contributed by atoms with E-state index in [0.29, 0.717) is 17.4 Å². The Morgan fingerprint density at radius 2 is 2.11 bits per heavy atom. The van der Waals surface area contributed by atoms with Gasteiger partial charge in [-0.2, -0.15) is 0 Å². The average Bonchev–Trinajstić information content (AvgIpc) is 2.46. The lowest BCUT2D eigenvalue weighted by atomic mass is 9.84. The number of rotatable bonds is 4. The highest BCUT2D eigenvalue weighted by atomic mass is 16.4. The molecule has 4 nitrogen and oxygen atoms in total. The predicted octanol–water partition coefficient (Wildman–Crippen LogP) is 3.18. The molecule has 0 aliphatic heterocycles. The maximum atomic E-state index is 11.2. The van der Waals surface area contributed by atoms with Gasteiger partial charge in [-0.3, -0.25) is 0 Å². The van der Waals surface area contributed by atoms with Gasteiger partial charge in [0.25, 0.3) is 0 Å². The summed E-state index contributed by atoms with van der Waals surface area (Å²) in [5.74, 6) is 0.527. The van der Waals surface area contributed by atoms with E-state index in [2.05, 4.69) is 16.8 Å². The van der Waals surface area contributed by atoms with Gasteiger partial charge in [0.05, 0.1) is 0 Å². The fourth-order valence-electron chi connectivity index (χ4n) is 2.96. The molecule has 0 bridgehead atoms. The topological polar surface area (TPSA) is 53.4 Å². The molecule has 1 aliphatic rings. The first kappa shape index (κ1) is 13.8. The van der Waals surface area contributed by atoms with Crippen molar-refractivity contribution in [2.45, 2.75) is 45.1 Å². The molecule has 1 N–H and O–H groups in total. The number of hydrogen-bond donors (Lipinski definition) is 1. The number of aromatic nitrogens is 1. The van der Waals surface area contributed by atoms with Crippen molar-refractivity contribution in [2.75, 3.05) is 11.9 Å². The SMILES string of the molecule is CCC1CCC(N(C)c2ncccc2C(=O)O)CC1. The van der Waals surface area contributed by atoms with E-state index < -0.39 is 5.97 Å². The molecule has 0 aromatic carbocycles. The molecule has 0 atom stereocenters. The minimum absolute atomic E-state index is 0.294. The van der Waals surface area contributed by atoms with Crippen LogP contribution < -0.4 is 4.90 Å². The number of pyridine rings is 1. The Morgan fingerprint density at radius 1 is 1.42 bits per heavy atom. The lowest BCUT2D eigenvalue weighted by Crippen LogP contribution is -2.36. The van der Waals surface area contributed by atoms with Gasteiger partial charge in [0.2, 0.25) is 0 Å². The number of nitrogens with zero attached hydrogens (tertiary/aromatic N) is 2. The first-order valence-electron chi connectivity index (χ1n) is 7.04. The first-order chi connectivity index (χ1) is 9.13. The largest absolute Gasteiger partial charge is 0.478 e. The molecule has 104 valence electrons. The molecule has 1 aromatic rings. The summed E-state index contributed by atoms with van der Waals surface area (Å²) >= 11 is 0. The first-order valence-corrected chi connectivity index (χ1v) is 7.04. The fourth-order valence-corrected chi connectivity index (χ4v) is 2.96. The summed E-state index contributed by atoms with van der Waals surface area (Å²) in [6.07, 6.45) is 7.65. The van der Waals surface area contributed by atoms with Gasteiger partial charge in [-0.15, -0.1) is 0 Å². The second-order valence-electron chi connectivity index (χ2n) is 5.37. The quantitative estimate of drug-likeness (QED) is 0.905. The van der Waals surface area contributed by atoms with Crippen molar-refractivity contribution >= 4 is 11.8 Å². The summed E-state index contributed by atoms with van der Waals surface area (Å²) in [7, 11) is 1.96. The third-order valence-electron chi connectivity index (χ3n) is 4.29. The van der Waals surface area contributed by atoms with Gasteiger partial charge < -0.3 is 10.0 Å². The number of aromatic carboxylic acids is 1. The Morgan fingerprint density at radius 3 is 2.68 bits per heavy atom. The molecule has 1 aliphatic carbocycles. The van der Waals surface area contributed by atoms with Crippen LogP contribution in [0.25, 0.3) is 0 Å². The summed E-state index contributed by atoms with van der Waals surface area (Å²) < 4.78 is 0. The predicted molar refractivity (Wildman–Crippen MR) is 75.6 cm³/mol. The molecule has 0 saturated heterocycles. The summed E-state index contributed by atoms with van der Waals surface area (Å²) in [6, 6.07) is 3.71. The maximum Gasteiger partial charge on any atom is 0.339 e. The van der Waals surface area contributed by atoms with Crippen LogP contribution in [0, 0.1) is 5.92 Å². The number of carboxylic acids is 1. The van der Waals surface area contributed by atoms with Crippen molar-refractivity contribution in [3.8, 4) is 0 Å². The summed E-state index contributed by atoms with van der Waals surface area (Å²) in [6.45, 7) is 2.25. The molecule has 4 heteroatoms. The molecule has 0 radical (unpaired) electrons. The zero-order valence-corrected chi connectivity index (χ0v) is 11.7. The molecular weight excluding hydrogens is 240 g/mol. The van der Waals surface area contributed by atoms with Gasteiger partial charge in [0.15, 0.2) is 0 Å². The van der Waals surface area contributed by atoms with E-state index in [0.717, 1.165) is 18.8 Å². The van der Waals surface area contributed by atoms with Crippen LogP contribution >= 0.6 is 0 Å². The van der Waals surface area contributed by atoms with Crippen molar-refractivity contribution in [3.63, 3.8) is 0 Å². The summed E-state index contributed by atoms with van der Waals surface area (Å²) in [5, 5.41) is 9.23. The Bertz CT molecular complexity index is 440. The van der Waals surface area contributed by atoms with Crippen molar-refractivity contribution < 1.29 is 9.90 Å². The van der Waals surface area contributed by atoms with E-state index in [-0.39, 0.29) is 0 Å². The third-order valence-corrected chi connectivity index (χ3v) is 4.29. The molecule has 1 heterocycles. The number of carboxylic acid groups (broad SMARTS) is 1. The van der Waals surface area contributed by atoms with Crippen molar-refractivity contribution in [3.05, 3.63) is 23.9 Å². The van der Waals surface area contributed by atoms with Crippen LogP contribution in [0.4, 0.5) is 5.82 Å². The number of anilines is 1. The minimum atomic E-state index is -0.905. The zero-order chi connectivity index (χ0) is 13.8. The van der Waals surface area contributed by atoms with E-state index in [9.17, 15) is 9.90 Å². The Labute approximate surface area is 114 Å². The van der Waals surface area contributed by atoms with Crippen LogP contribution in [0.1, 0.15) is 49.4 Å². The Kier molecular flexibility index (Phi) is 4.40. The van der Waals surface area contributed by atoms with Gasteiger partial charge in [0.1, 0.15) is 11.4 Å². The molecule has 19 heavy (non-hydrogen) atoms. The molecule has 1 saturated carbocycles. The molecule has 1 aromatic heterocycles. The minimum Gasteiger partial charge on any atom is -0.478 e. The second-order valence-corrected chi connectivity index (χ2v) is 5.37. The average molecular weight is 262 g/mol. The highest BCUT2D eigenvalue weighted by Crippen LogP contribution is 2.31. The van der Waals surface area contributed by atoms with Crippen LogP contribution in [0.3, 0.4) is 0 Å². The van der Waals surface area contributed by atoms with Crippen LogP contribution in [0.5, 0.6) is 0 Å². The van der Waals surface area contributed by atoms with E-state index in [4.69, 9.17) is 0 Å². The lowest BCUT2D eigenvalue weighted by Gasteiger charge is -2.35. The monoisotopic (exact) mass is 262 g/mol. The molecule has 0 unspecified atom stereocenters. The fraction of sp³-hybridized carbons (Fsp3) is 0.600. The Hall–Kier alpha value is -1.58. The third kappa shape index (κ3) is 3.06. The van der Waals surface area contributed by atoms with E-state index in [1.165, 1.54) is 19.3 Å².